The second-order valence-corrected chi connectivity index (χ2v) is 4.69. The molecule has 2 rings (SSSR count). The molecule has 120 valence electrons. The van der Waals surface area contributed by atoms with Crippen LogP contribution in [-0.2, 0) is 14.3 Å². The Morgan fingerprint density at radius 2 is 1.87 bits per heavy atom. The van der Waals surface area contributed by atoms with Crippen LogP contribution in [0.3, 0.4) is 0 Å². The van der Waals surface area contributed by atoms with Crippen molar-refractivity contribution in [1.82, 2.24) is 5.32 Å². The van der Waals surface area contributed by atoms with Crippen LogP contribution in [0.15, 0.2) is 53.1 Å². The number of rotatable bonds is 6. The van der Waals surface area contributed by atoms with Gasteiger partial charge in [0, 0.05) is 5.69 Å². The quantitative estimate of drug-likeness (QED) is 0.789. The molecule has 2 aromatic rings. The molecule has 0 saturated carbocycles. The van der Waals surface area contributed by atoms with Crippen molar-refractivity contribution >= 4 is 23.5 Å². The summed E-state index contributed by atoms with van der Waals surface area (Å²) in [6, 6.07) is 10.9. The van der Waals surface area contributed by atoms with Crippen LogP contribution in [0.1, 0.15) is 17.5 Å². The number of hydrogen-bond donors (Lipinski definition) is 2. The molecule has 0 aliphatic heterocycles. The molecule has 0 bridgehead atoms. The first-order chi connectivity index (χ1) is 11.1. The molecule has 2 amide bonds. The molecule has 0 unspecified atom stereocenters. The van der Waals surface area contributed by atoms with E-state index in [9.17, 15) is 14.4 Å². The molecule has 0 saturated heterocycles. The summed E-state index contributed by atoms with van der Waals surface area (Å²) >= 11 is 0. The number of carbonyl (C=O) groups is 3. The molecule has 1 atom stereocenters. The Kier molecular flexibility index (Phi) is 5.51. The van der Waals surface area contributed by atoms with E-state index in [1.54, 1.807) is 30.3 Å². The maximum Gasteiger partial charge on any atom is 0.328 e. The Labute approximate surface area is 132 Å². The molecule has 0 spiro atoms. The van der Waals surface area contributed by atoms with Crippen LogP contribution < -0.4 is 10.6 Å². The summed E-state index contributed by atoms with van der Waals surface area (Å²) in [6.45, 7) is 1.02. The van der Waals surface area contributed by atoms with E-state index in [1.807, 2.05) is 6.07 Å². The van der Waals surface area contributed by atoms with Crippen molar-refractivity contribution in [3.63, 3.8) is 0 Å². The van der Waals surface area contributed by atoms with Gasteiger partial charge in [-0.15, -0.1) is 0 Å². The number of furan rings is 1. The van der Waals surface area contributed by atoms with Crippen LogP contribution in [0.2, 0.25) is 0 Å². The molecule has 7 heteroatoms. The third-order valence-electron chi connectivity index (χ3n) is 2.85. The summed E-state index contributed by atoms with van der Waals surface area (Å²) in [7, 11) is 0. The predicted octanol–water partition coefficient (Wildman–Crippen LogP) is 1.58. The number of para-hydroxylation sites is 1. The predicted molar refractivity (Wildman–Crippen MR) is 81.7 cm³/mol. The zero-order chi connectivity index (χ0) is 16.7. The molecular weight excluding hydrogens is 300 g/mol. The number of amides is 2. The van der Waals surface area contributed by atoms with E-state index in [2.05, 4.69) is 10.6 Å². The molecule has 0 aliphatic carbocycles. The second kappa shape index (κ2) is 7.79. The van der Waals surface area contributed by atoms with Crippen molar-refractivity contribution in [3.8, 4) is 0 Å². The monoisotopic (exact) mass is 316 g/mol. The van der Waals surface area contributed by atoms with Gasteiger partial charge in [-0.25, -0.2) is 4.79 Å². The highest BCUT2D eigenvalue weighted by Crippen LogP contribution is 2.05. The van der Waals surface area contributed by atoms with Gasteiger partial charge in [0.05, 0.1) is 6.26 Å². The molecule has 1 heterocycles. The first kappa shape index (κ1) is 16.3. The van der Waals surface area contributed by atoms with Crippen LogP contribution in [0, 0.1) is 0 Å². The minimum absolute atomic E-state index is 0.0893. The SMILES string of the molecule is C[C@H](NC(=O)c1ccco1)C(=O)OCC(=O)Nc1ccccc1. The number of carbonyl (C=O) groups excluding carboxylic acids is 3. The van der Waals surface area contributed by atoms with Crippen molar-refractivity contribution in [3.05, 3.63) is 54.5 Å². The molecule has 0 aliphatic rings. The third-order valence-corrected chi connectivity index (χ3v) is 2.85. The summed E-state index contributed by atoms with van der Waals surface area (Å²) in [5.41, 5.74) is 0.604. The van der Waals surface area contributed by atoms with Crippen molar-refractivity contribution in [1.29, 1.82) is 0 Å². The highest BCUT2D eigenvalue weighted by atomic mass is 16.5. The first-order valence-electron chi connectivity index (χ1n) is 6.92. The molecule has 23 heavy (non-hydrogen) atoms. The van der Waals surface area contributed by atoms with E-state index in [0.717, 1.165) is 0 Å². The molecule has 1 aromatic heterocycles. The summed E-state index contributed by atoms with van der Waals surface area (Å²) in [5, 5.41) is 5.00. The number of hydrogen-bond acceptors (Lipinski definition) is 5. The number of nitrogens with one attached hydrogen (secondary N) is 2. The van der Waals surface area contributed by atoms with E-state index < -0.39 is 30.4 Å². The minimum atomic E-state index is -0.905. The van der Waals surface area contributed by atoms with E-state index >= 15 is 0 Å². The number of esters is 1. The average Bonchev–Trinajstić information content (AvgIpc) is 3.08. The largest absolute Gasteiger partial charge is 0.459 e. The third kappa shape index (κ3) is 4.99. The summed E-state index contributed by atoms with van der Waals surface area (Å²) in [6.07, 6.45) is 1.35. The van der Waals surface area contributed by atoms with Gasteiger partial charge in [-0.1, -0.05) is 18.2 Å². The van der Waals surface area contributed by atoms with E-state index in [-0.39, 0.29) is 5.76 Å². The van der Waals surface area contributed by atoms with Crippen molar-refractivity contribution < 1.29 is 23.5 Å². The Morgan fingerprint density at radius 3 is 2.52 bits per heavy atom. The zero-order valence-corrected chi connectivity index (χ0v) is 12.4. The fourth-order valence-corrected chi connectivity index (χ4v) is 1.71. The van der Waals surface area contributed by atoms with Gasteiger partial charge in [-0.3, -0.25) is 9.59 Å². The van der Waals surface area contributed by atoms with Crippen molar-refractivity contribution in [2.75, 3.05) is 11.9 Å². The lowest BCUT2D eigenvalue weighted by Crippen LogP contribution is -2.40. The topological polar surface area (TPSA) is 97.6 Å². The van der Waals surface area contributed by atoms with Gasteiger partial charge < -0.3 is 19.8 Å². The summed E-state index contributed by atoms with van der Waals surface area (Å²) in [4.78, 5) is 35.1. The highest BCUT2D eigenvalue weighted by Gasteiger charge is 2.20. The van der Waals surface area contributed by atoms with Gasteiger partial charge >= 0.3 is 5.97 Å². The van der Waals surface area contributed by atoms with Crippen LogP contribution >= 0.6 is 0 Å². The lowest BCUT2D eigenvalue weighted by Gasteiger charge is -2.12. The average molecular weight is 316 g/mol. The standard InChI is InChI=1S/C16H16N2O5/c1-11(17-15(20)13-8-5-9-22-13)16(21)23-10-14(19)18-12-6-3-2-4-7-12/h2-9,11H,10H2,1H3,(H,17,20)(H,18,19)/t11-/m0/s1. The number of anilines is 1. The summed E-state index contributed by atoms with van der Waals surface area (Å²) < 4.78 is 9.77. The lowest BCUT2D eigenvalue weighted by molar-refractivity contribution is -0.148. The maximum atomic E-state index is 11.8. The van der Waals surface area contributed by atoms with Gasteiger partial charge in [0.2, 0.25) is 0 Å². The van der Waals surface area contributed by atoms with Gasteiger partial charge in [0.1, 0.15) is 6.04 Å². The second-order valence-electron chi connectivity index (χ2n) is 4.69. The molecule has 7 nitrogen and oxygen atoms in total. The fourth-order valence-electron chi connectivity index (χ4n) is 1.71. The van der Waals surface area contributed by atoms with Crippen LogP contribution in [0.25, 0.3) is 0 Å². The maximum absolute atomic E-state index is 11.8. The van der Waals surface area contributed by atoms with Gasteiger partial charge in [0.15, 0.2) is 12.4 Å². The van der Waals surface area contributed by atoms with E-state index in [4.69, 9.17) is 9.15 Å². The molecule has 2 N–H and O–H groups in total. The van der Waals surface area contributed by atoms with Crippen molar-refractivity contribution in [2.45, 2.75) is 13.0 Å². The normalized spacial score (nSPS) is 11.3. The molecular formula is C16H16N2O5. The zero-order valence-electron chi connectivity index (χ0n) is 12.4. The van der Waals surface area contributed by atoms with Gasteiger partial charge in [-0.2, -0.15) is 0 Å². The molecule has 1 aromatic carbocycles. The Hall–Kier alpha value is -3.09. The van der Waals surface area contributed by atoms with Crippen LogP contribution in [-0.4, -0.2) is 30.4 Å². The smallest absolute Gasteiger partial charge is 0.328 e. The van der Waals surface area contributed by atoms with E-state index in [0.29, 0.717) is 5.69 Å². The Balaban J connectivity index is 1.75. The number of ether oxygens (including phenoxy) is 1. The number of benzene rings is 1. The summed E-state index contributed by atoms with van der Waals surface area (Å²) in [5.74, 6) is -1.62. The molecule has 0 fully saturated rings. The van der Waals surface area contributed by atoms with Crippen LogP contribution in [0.4, 0.5) is 5.69 Å². The lowest BCUT2D eigenvalue weighted by atomic mass is 10.3. The van der Waals surface area contributed by atoms with Crippen molar-refractivity contribution in [2.24, 2.45) is 0 Å². The van der Waals surface area contributed by atoms with Crippen LogP contribution in [0.5, 0.6) is 0 Å². The molecule has 0 radical (unpaired) electrons. The van der Waals surface area contributed by atoms with Gasteiger partial charge in [0.25, 0.3) is 11.8 Å². The fraction of sp³-hybridized carbons (Fsp3) is 0.188. The van der Waals surface area contributed by atoms with E-state index in [1.165, 1.54) is 19.3 Å². The minimum Gasteiger partial charge on any atom is -0.459 e. The Morgan fingerprint density at radius 1 is 1.13 bits per heavy atom. The van der Waals surface area contributed by atoms with Gasteiger partial charge in [-0.05, 0) is 31.2 Å². The highest BCUT2D eigenvalue weighted by molar-refractivity contribution is 5.95. The first-order valence-corrected chi connectivity index (χ1v) is 6.92. The Bertz CT molecular complexity index is 667.